The molecule has 3 N–H and O–H groups in total. The molecule has 1 fully saturated rings. The number of amides is 1. The fraction of sp³-hybridized carbons (Fsp3) is 0.444. The molecule has 0 radical (unpaired) electrons. The van der Waals surface area contributed by atoms with E-state index in [-0.39, 0.29) is 11.7 Å². The zero-order valence-electron chi connectivity index (χ0n) is 23.2. The third kappa shape index (κ3) is 5.63. The van der Waals surface area contributed by atoms with Crippen LogP contribution in [0.1, 0.15) is 29.0 Å². The van der Waals surface area contributed by atoms with Gasteiger partial charge in [0.05, 0.1) is 22.3 Å². The number of hydrogen-bond donors (Lipinski definition) is 2. The summed E-state index contributed by atoms with van der Waals surface area (Å²) in [6.07, 6.45) is 2.02. The van der Waals surface area contributed by atoms with Crippen molar-refractivity contribution in [3.63, 3.8) is 0 Å². The SMILES string of the molecule is CNC1CCN(c2nc(OC)c(-c3cc([Si](C)(C)C)cc(Oc4ccc(C(N)=O)o4)c3C)c(OC)n2)CC1. The van der Waals surface area contributed by atoms with Crippen LogP contribution in [-0.2, 0) is 0 Å². The van der Waals surface area contributed by atoms with E-state index in [1.165, 1.54) is 6.07 Å². The van der Waals surface area contributed by atoms with Crippen LogP contribution in [0, 0.1) is 6.92 Å². The molecule has 0 aliphatic carbocycles. The predicted molar refractivity (Wildman–Crippen MR) is 150 cm³/mol. The minimum Gasteiger partial charge on any atom is -0.480 e. The van der Waals surface area contributed by atoms with Crippen molar-refractivity contribution in [3.8, 4) is 34.6 Å². The lowest BCUT2D eigenvalue weighted by Gasteiger charge is -2.32. The Kier molecular flexibility index (Phi) is 7.98. The summed E-state index contributed by atoms with van der Waals surface area (Å²) in [5, 5.41) is 4.50. The van der Waals surface area contributed by atoms with Gasteiger partial charge in [-0.25, -0.2) is 0 Å². The molecule has 4 rings (SSSR count). The third-order valence-corrected chi connectivity index (χ3v) is 8.95. The van der Waals surface area contributed by atoms with E-state index in [1.54, 1.807) is 20.3 Å². The second-order valence-corrected chi connectivity index (χ2v) is 15.5. The maximum absolute atomic E-state index is 11.5. The van der Waals surface area contributed by atoms with Crippen LogP contribution >= 0.6 is 0 Å². The van der Waals surface area contributed by atoms with Gasteiger partial charge in [-0.15, -0.1) is 0 Å². The van der Waals surface area contributed by atoms with Crippen molar-refractivity contribution in [2.75, 3.05) is 39.3 Å². The summed E-state index contributed by atoms with van der Waals surface area (Å²) in [5.41, 5.74) is 7.67. The molecule has 0 unspecified atom stereocenters. The van der Waals surface area contributed by atoms with Crippen molar-refractivity contribution in [2.24, 2.45) is 5.73 Å². The van der Waals surface area contributed by atoms with Gasteiger partial charge < -0.3 is 34.6 Å². The Morgan fingerprint density at radius 3 is 2.24 bits per heavy atom. The lowest BCUT2D eigenvalue weighted by atomic mass is 10.0. The molecule has 0 spiro atoms. The van der Waals surface area contributed by atoms with Gasteiger partial charge in [0, 0.05) is 30.8 Å². The van der Waals surface area contributed by atoms with Gasteiger partial charge in [-0.2, -0.15) is 9.97 Å². The Morgan fingerprint density at radius 2 is 1.74 bits per heavy atom. The van der Waals surface area contributed by atoms with E-state index >= 15 is 0 Å². The first-order valence-electron chi connectivity index (χ1n) is 12.7. The van der Waals surface area contributed by atoms with Crippen LogP contribution in [0.5, 0.6) is 23.5 Å². The molecule has 0 bridgehead atoms. The van der Waals surface area contributed by atoms with Crippen molar-refractivity contribution < 1.29 is 23.4 Å². The fourth-order valence-corrected chi connectivity index (χ4v) is 5.69. The van der Waals surface area contributed by atoms with Crippen LogP contribution in [0.15, 0.2) is 28.7 Å². The molecule has 204 valence electrons. The molecular weight excluding hydrogens is 502 g/mol. The zero-order chi connectivity index (χ0) is 27.6. The van der Waals surface area contributed by atoms with Crippen LogP contribution in [0.25, 0.3) is 11.1 Å². The van der Waals surface area contributed by atoms with Crippen LogP contribution in [0.4, 0.5) is 5.95 Å². The Morgan fingerprint density at radius 1 is 1.11 bits per heavy atom. The summed E-state index contributed by atoms with van der Waals surface area (Å²) in [4.78, 5) is 23.3. The molecule has 10 nitrogen and oxygen atoms in total. The Hall–Kier alpha value is -3.57. The largest absolute Gasteiger partial charge is 0.480 e. The first kappa shape index (κ1) is 27.5. The van der Waals surface area contributed by atoms with Crippen LogP contribution in [-0.4, -0.2) is 64.3 Å². The Labute approximate surface area is 224 Å². The van der Waals surface area contributed by atoms with E-state index in [0.29, 0.717) is 35.1 Å². The molecule has 38 heavy (non-hydrogen) atoms. The highest BCUT2D eigenvalue weighted by Gasteiger charge is 2.28. The second-order valence-electron chi connectivity index (χ2n) is 10.4. The maximum Gasteiger partial charge on any atom is 0.290 e. The summed E-state index contributed by atoms with van der Waals surface area (Å²) in [5.74, 6) is 1.59. The Balaban J connectivity index is 1.82. The average Bonchev–Trinajstić information content (AvgIpc) is 3.37. The summed E-state index contributed by atoms with van der Waals surface area (Å²) < 4.78 is 23.3. The number of rotatable bonds is 9. The van der Waals surface area contributed by atoms with Crippen molar-refractivity contribution in [1.82, 2.24) is 15.3 Å². The summed E-state index contributed by atoms with van der Waals surface area (Å²) >= 11 is 0. The number of nitrogens with one attached hydrogen (secondary N) is 1. The minimum atomic E-state index is -1.81. The first-order valence-corrected chi connectivity index (χ1v) is 16.2. The van der Waals surface area contributed by atoms with E-state index in [2.05, 4.69) is 35.9 Å². The number of carbonyl (C=O) groups excluding carboxylic acids is 1. The molecule has 0 atom stereocenters. The number of benzene rings is 1. The number of nitrogens with zero attached hydrogens (tertiary/aromatic N) is 3. The summed E-state index contributed by atoms with van der Waals surface area (Å²) in [7, 11) is 3.39. The first-order chi connectivity index (χ1) is 18.0. The number of anilines is 1. The van der Waals surface area contributed by atoms with Gasteiger partial charge in [0.15, 0.2) is 5.76 Å². The van der Waals surface area contributed by atoms with Crippen molar-refractivity contribution in [2.45, 2.75) is 45.4 Å². The van der Waals surface area contributed by atoms with Gasteiger partial charge >= 0.3 is 0 Å². The molecule has 3 heterocycles. The van der Waals surface area contributed by atoms with Crippen LogP contribution in [0.2, 0.25) is 19.6 Å². The normalized spacial score (nSPS) is 14.4. The molecule has 1 aliphatic rings. The topological polar surface area (TPSA) is 125 Å². The number of aromatic nitrogens is 2. The number of primary amides is 1. The van der Waals surface area contributed by atoms with Crippen LogP contribution in [0.3, 0.4) is 0 Å². The quantitative estimate of drug-likeness (QED) is 0.392. The highest BCUT2D eigenvalue weighted by atomic mass is 28.3. The molecule has 1 aromatic carbocycles. The molecule has 1 amide bonds. The van der Waals surface area contributed by atoms with Gasteiger partial charge in [0.2, 0.25) is 17.7 Å². The number of hydrogen-bond acceptors (Lipinski definition) is 9. The number of carbonyl (C=O) groups is 1. The summed E-state index contributed by atoms with van der Waals surface area (Å²) in [6.45, 7) is 10.4. The van der Waals surface area contributed by atoms with Gasteiger partial charge in [0.1, 0.15) is 11.3 Å². The van der Waals surface area contributed by atoms with E-state index in [9.17, 15) is 4.79 Å². The van der Waals surface area contributed by atoms with Gasteiger partial charge in [-0.05, 0) is 44.5 Å². The van der Waals surface area contributed by atoms with Crippen molar-refractivity contribution in [1.29, 1.82) is 0 Å². The monoisotopic (exact) mass is 539 g/mol. The number of ether oxygens (including phenoxy) is 3. The van der Waals surface area contributed by atoms with E-state index in [4.69, 9.17) is 34.3 Å². The van der Waals surface area contributed by atoms with Crippen LogP contribution < -0.4 is 35.3 Å². The molecular formula is C27H37N5O5Si. The predicted octanol–water partition coefficient (Wildman–Crippen LogP) is 3.69. The maximum atomic E-state index is 11.5. The molecule has 1 saturated heterocycles. The summed E-state index contributed by atoms with van der Waals surface area (Å²) in [6, 6.07) is 7.74. The average molecular weight is 540 g/mol. The molecule has 3 aromatic rings. The zero-order valence-corrected chi connectivity index (χ0v) is 24.2. The van der Waals surface area contributed by atoms with Crippen molar-refractivity contribution in [3.05, 3.63) is 35.6 Å². The highest BCUT2D eigenvalue weighted by molar-refractivity contribution is 6.88. The van der Waals surface area contributed by atoms with Gasteiger partial charge in [-0.1, -0.05) is 30.9 Å². The highest BCUT2D eigenvalue weighted by Crippen LogP contribution is 2.42. The number of methoxy groups -OCH3 is 2. The molecule has 2 aromatic heterocycles. The lowest BCUT2D eigenvalue weighted by molar-refractivity contribution is 0.0969. The fourth-order valence-electron chi connectivity index (χ4n) is 4.55. The smallest absolute Gasteiger partial charge is 0.290 e. The minimum absolute atomic E-state index is 0.0327. The number of furan rings is 1. The number of nitrogens with two attached hydrogens (primary N) is 1. The third-order valence-electron chi connectivity index (χ3n) is 6.93. The van der Waals surface area contributed by atoms with E-state index in [0.717, 1.165) is 42.2 Å². The van der Waals surface area contributed by atoms with Crippen molar-refractivity contribution >= 4 is 25.1 Å². The molecule has 1 aliphatic heterocycles. The van der Waals surface area contributed by atoms with Gasteiger partial charge in [0.25, 0.3) is 11.9 Å². The standard InChI is InChI=1S/C27H37N5O5Si/c1-16-19(14-18(38(5,6)7)15-21(16)37-22-9-8-20(36-22)24(28)33)23-25(34-3)30-27(31-26(23)35-4)32-12-10-17(29-2)11-13-32/h8-9,14-15,17,29H,10-13H2,1-7H3,(H2,28,33). The molecule has 0 saturated carbocycles. The lowest BCUT2D eigenvalue weighted by Crippen LogP contribution is -2.42. The van der Waals surface area contributed by atoms with E-state index < -0.39 is 14.0 Å². The second kappa shape index (κ2) is 11.0. The van der Waals surface area contributed by atoms with Gasteiger partial charge in [-0.3, -0.25) is 4.79 Å². The molecule has 11 heteroatoms. The Bertz CT molecular complexity index is 1290. The number of piperidine rings is 1. The van der Waals surface area contributed by atoms with E-state index in [1.807, 2.05) is 20.0 Å².